The van der Waals surface area contributed by atoms with Gasteiger partial charge >= 0.3 is 5.97 Å². The summed E-state index contributed by atoms with van der Waals surface area (Å²) in [5.74, 6) is -4.72. The van der Waals surface area contributed by atoms with E-state index in [1.54, 1.807) is 71.7 Å². The number of anilines is 1. The van der Waals surface area contributed by atoms with Gasteiger partial charge in [-0.05, 0) is 56.2 Å². The first-order chi connectivity index (χ1) is 40.4. The van der Waals surface area contributed by atoms with E-state index in [0.29, 0.717) is 104 Å². The zero-order valence-electron chi connectivity index (χ0n) is 45.6. The summed E-state index contributed by atoms with van der Waals surface area (Å²) >= 11 is 7.20. The maximum atomic E-state index is 14.3. The number of benzene rings is 1. The first kappa shape index (κ1) is 59.5. The summed E-state index contributed by atoms with van der Waals surface area (Å²) in [6, 6.07) is 9.52. The molecule has 1 fully saturated rings. The van der Waals surface area contributed by atoms with Gasteiger partial charge in [-0.25, -0.2) is 34.9 Å². The Morgan fingerprint density at radius 1 is 0.714 bits per heavy atom. The van der Waals surface area contributed by atoms with E-state index >= 15 is 0 Å². The van der Waals surface area contributed by atoms with E-state index in [0.717, 1.165) is 11.3 Å². The molecule has 436 valence electrons. The number of amides is 6. The Labute approximate surface area is 504 Å². The Hall–Kier alpha value is -7.64. The molecule has 4 atom stereocenters. The predicted octanol–water partition coefficient (Wildman–Crippen LogP) is 8.14. The van der Waals surface area contributed by atoms with Gasteiger partial charge in [0, 0.05) is 52.9 Å². The van der Waals surface area contributed by atoms with Crippen LogP contribution in [0.4, 0.5) is 5.82 Å². The van der Waals surface area contributed by atoms with Crippen LogP contribution in [0.15, 0.2) is 64.8 Å². The van der Waals surface area contributed by atoms with E-state index < -0.39 is 72.2 Å². The largest absolute Gasteiger partial charge is 0.481 e. The molecule has 10 rings (SSSR count). The van der Waals surface area contributed by atoms with E-state index in [1.165, 1.54) is 70.8 Å². The number of aryl methyl sites for hydroxylation is 1. The van der Waals surface area contributed by atoms with Crippen molar-refractivity contribution in [1.82, 2.24) is 61.5 Å². The molecule has 0 unspecified atom stereocenters. The predicted molar refractivity (Wildman–Crippen MR) is 319 cm³/mol. The summed E-state index contributed by atoms with van der Waals surface area (Å²) in [7, 11) is 2.94. The van der Waals surface area contributed by atoms with Crippen molar-refractivity contribution in [2.24, 2.45) is 17.8 Å². The first-order valence-electron chi connectivity index (χ1n) is 26.4. The topological polar surface area (TPSA) is 332 Å². The number of pyridine rings is 1. The van der Waals surface area contributed by atoms with Crippen molar-refractivity contribution in [3.05, 3.63) is 112 Å². The summed E-state index contributed by atoms with van der Waals surface area (Å²) in [6.07, 6.45) is 1.87. The third kappa shape index (κ3) is 13.3. The van der Waals surface area contributed by atoms with Crippen LogP contribution in [-0.2, 0) is 30.5 Å². The van der Waals surface area contributed by atoms with Gasteiger partial charge in [0.25, 0.3) is 17.7 Å². The van der Waals surface area contributed by atoms with Crippen LogP contribution < -0.4 is 31.9 Å². The number of nitrogens with one attached hydrogen (secondary N) is 6. The average molecular weight is 1250 g/mol. The maximum Gasteiger partial charge on any atom is 0.306 e. The van der Waals surface area contributed by atoms with Crippen molar-refractivity contribution >= 4 is 115 Å². The number of aliphatic hydroxyl groups is 1. The smallest absolute Gasteiger partial charge is 0.306 e. The summed E-state index contributed by atoms with van der Waals surface area (Å²) in [5, 5.41) is 45.8. The van der Waals surface area contributed by atoms with Crippen LogP contribution in [0.2, 0.25) is 0 Å². The molecule has 0 radical (unpaired) electrons. The van der Waals surface area contributed by atoms with Gasteiger partial charge in [-0.3, -0.25) is 33.6 Å². The minimum atomic E-state index is -1.28. The number of carboxylic acid groups (broad SMARTS) is 1. The highest BCUT2D eigenvalue weighted by Crippen LogP contribution is 2.42. The number of aliphatic hydroxyl groups excluding tert-OH is 1. The van der Waals surface area contributed by atoms with Crippen LogP contribution in [0.1, 0.15) is 132 Å². The second-order valence-corrected chi connectivity index (χ2v) is 26.0. The SMILES string of the molecule is CNC(=O)C[C@@H]1NC(=O)c2csc(n2)-c2ccc(-c3nc(NC(=O)C4CCC(C(=O)O)CC4)cs3)nc2-c2cnc(s2)-c2csc(n2)[C@H]([C@@H](O)c2ccccc2)NC(=O)CNC(=O)c2nc(sc2COC)[C@H](C(C)C)NC(=O)c2nc1sc2C. The molecular weight excluding hydrogens is 1200 g/mol. The normalized spacial score (nSPS) is 19.1. The Morgan fingerprint density at radius 2 is 1.45 bits per heavy atom. The summed E-state index contributed by atoms with van der Waals surface area (Å²) < 4.78 is 5.45. The first-order valence-corrected chi connectivity index (χ1v) is 31.5. The van der Waals surface area contributed by atoms with Gasteiger partial charge in [0.15, 0.2) is 0 Å². The lowest BCUT2D eigenvalue weighted by Crippen LogP contribution is -2.40. The molecular formula is C55H55N13O10S6. The highest BCUT2D eigenvalue weighted by molar-refractivity contribution is 7.19. The second kappa shape index (κ2) is 26.1. The van der Waals surface area contributed by atoms with Crippen LogP contribution >= 0.6 is 68.0 Å². The molecule has 84 heavy (non-hydrogen) atoms. The van der Waals surface area contributed by atoms with Gasteiger partial charge in [0.2, 0.25) is 17.7 Å². The molecule has 23 nitrogen and oxygen atoms in total. The van der Waals surface area contributed by atoms with Gasteiger partial charge in [-0.2, -0.15) is 0 Å². The maximum absolute atomic E-state index is 14.3. The fraction of sp³-hybridized carbons (Fsp3) is 0.345. The zero-order valence-corrected chi connectivity index (χ0v) is 50.5. The van der Waals surface area contributed by atoms with Crippen molar-refractivity contribution in [3.8, 4) is 42.5 Å². The van der Waals surface area contributed by atoms with E-state index in [4.69, 9.17) is 39.6 Å². The lowest BCUT2D eigenvalue weighted by molar-refractivity contribution is -0.143. The molecule has 1 saturated carbocycles. The summed E-state index contributed by atoms with van der Waals surface area (Å²) in [6.45, 7) is 4.96. The van der Waals surface area contributed by atoms with Gasteiger partial charge in [0.05, 0.1) is 58.7 Å². The zero-order chi connectivity index (χ0) is 59.3. The van der Waals surface area contributed by atoms with Gasteiger partial charge in [0.1, 0.15) is 70.8 Å². The van der Waals surface area contributed by atoms with E-state index in [1.807, 2.05) is 13.8 Å². The number of ether oxygens (including phenoxy) is 1. The number of rotatable bonds is 11. The third-order valence-corrected chi connectivity index (χ3v) is 19.8. The fourth-order valence-electron chi connectivity index (χ4n) is 9.47. The van der Waals surface area contributed by atoms with Crippen LogP contribution in [0.3, 0.4) is 0 Å². The Morgan fingerprint density at radius 3 is 2.19 bits per heavy atom. The highest BCUT2D eigenvalue weighted by Gasteiger charge is 2.34. The minimum absolute atomic E-state index is 0.000649. The molecule has 1 aliphatic heterocycles. The molecule has 0 spiro atoms. The van der Waals surface area contributed by atoms with Crippen molar-refractivity contribution in [2.45, 2.75) is 83.7 Å². The molecule has 29 heteroatoms. The highest BCUT2D eigenvalue weighted by atomic mass is 32.1. The van der Waals surface area contributed by atoms with Crippen molar-refractivity contribution in [3.63, 3.8) is 0 Å². The molecule has 8 aromatic rings. The summed E-state index contributed by atoms with van der Waals surface area (Å²) in [4.78, 5) is 130. The van der Waals surface area contributed by atoms with Crippen molar-refractivity contribution in [1.29, 1.82) is 0 Å². The van der Waals surface area contributed by atoms with E-state index in [2.05, 4.69) is 31.9 Å². The molecule has 1 aromatic carbocycles. The van der Waals surface area contributed by atoms with Crippen LogP contribution in [0, 0.1) is 24.7 Å². The third-order valence-electron chi connectivity index (χ3n) is 13.9. The fourth-order valence-corrected chi connectivity index (χ4v) is 15.1. The van der Waals surface area contributed by atoms with E-state index in [-0.39, 0.29) is 47.9 Å². The quantitative estimate of drug-likeness (QED) is 0.0605. The molecule has 0 saturated heterocycles. The van der Waals surface area contributed by atoms with Crippen molar-refractivity contribution < 1.29 is 48.5 Å². The minimum Gasteiger partial charge on any atom is -0.481 e. The molecule has 7 aromatic heterocycles. The van der Waals surface area contributed by atoms with E-state index in [9.17, 15) is 43.8 Å². The number of aliphatic carboxylic acids is 1. The number of nitrogens with zero attached hydrogens (tertiary/aromatic N) is 7. The van der Waals surface area contributed by atoms with Gasteiger partial charge < -0.3 is 46.9 Å². The number of thiazole rings is 6. The molecule has 8 N–H and O–H groups in total. The van der Waals surface area contributed by atoms with Crippen molar-refractivity contribution in [2.75, 3.05) is 26.0 Å². The Balaban J connectivity index is 1.03. The number of hydrogen-bond acceptors (Lipinski definition) is 22. The Bertz CT molecular complexity index is 3770. The lowest BCUT2D eigenvalue weighted by atomic mass is 9.81. The molecule has 2 aliphatic rings. The van der Waals surface area contributed by atoms with Crippen LogP contribution in [-0.4, -0.2) is 107 Å². The van der Waals surface area contributed by atoms with Crippen LogP contribution in [0.5, 0.6) is 0 Å². The van der Waals surface area contributed by atoms with Gasteiger partial charge in [-0.15, -0.1) is 68.0 Å². The van der Waals surface area contributed by atoms with Gasteiger partial charge in [-0.1, -0.05) is 44.2 Å². The number of fused-ring (bicyclic) bond motifs is 14. The standard InChI is InChI=1S/C55H55N13O10S6/c1-24(2)39-54-68-42(35(84-54)20-78-5)47(74)57-19-38(70)65-43(44(71)26-9-7-6-8-10-26)53-62-33(22-80-53)50-58-18-34(83-50)41-29(15-16-30(59-41)51-64-36(23-81-51)63-45(72)27-11-13-28(14-12-27)55(76)77)49-61-32(21-79-49)46(73)60-31(17-37(69)56-4)52-67-40(25(3)82-52)48(75)66-39/h6-10,15-16,18,21-24,27-28,31,39,43-44,71H,11-14,17,19-20H2,1-5H3,(H,56,69)(H,57,74)(H,60,73)(H,63,72)(H,65,70)(H,66,75)(H,76,77)/t27?,28?,31-,39-,43-,44-/m0/s1. The Kier molecular flexibility index (Phi) is 18.5. The number of carbonyl (C=O) groups is 7. The molecule has 6 amide bonds. The number of hydrogen-bond donors (Lipinski definition) is 8. The van der Waals surface area contributed by atoms with Crippen LogP contribution in [0.25, 0.3) is 42.5 Å². The molecule has 1 aliphatic carbocycles. The monoisotopic (exact) mass is 1250 g/mol. The number of carboxylic acids is 1. The lowest BCUT2D eigenvalue weighted by Gasteiger charge is -2.24. The average Bonchev–Trinajstić information content (AvgIpc) is 3.76. The number of methoxy groups -OCH3 is 1. The summed E-state index contributed by atoms with van der Waals surface area (Å²) in [5.41, 5.74) is 2.41. The number of aromatic nitrogens is 7. The second-order valence-electron chi connectivity index (χ2n) is 20.0. The molecule has 8 heterocycles. The number of carbonyl (C=O) groups excluding carboxylic acids is 6. The molecule has 10 bridgehead atoms.